The first-order valence-corrected chi connectivity index (χ1v) is 3.38. The van der Waals surface area contributed by atoms with Gasteiger partial charge < -0.3 is 5.73 Å². The predicted octanol–water partition coefficient (Wildman–Crippen LogP) is 1.62. The largest absolute Gasteiger partial charge is 0.397 e. The molecule has 0 unspecified atom stereocenters. The first-order chi connectivity index (χ1) is 5.38. The third-order valence-electron chi connectivity index (χ3n) is 1.59. The van der Waals surface area contributed by atoms with Crippen molar-refractivity contribution in [3.8, 4) is 0 Å². The molecule has 11 heavy (non-hydrogen) atoms. The van der Waals surface area contributed by atoms with Crippen molar-refractivity contribution in [2.45, 2.75) is 0 Å². The molecule has 2 nitrogen and oxygen atoms in total. The van der Waals surface area contributed by atoms with E-state index in [4.69, 9.17) is 5.73 Å². The normalized spacial score (nSPS) is 10.2. The molecular weight excluding hydrogens is 136 g/mol. The molecule has 1 aromatic heterocycles. The monoisotopic (exact) mass is 143 g/mol. The summed E-state index contributed by atoms with van der Waals surface area (Å²) in [4.78, 5) is 4.14. The highest BCUT2D eigenvalue weighted by Crippen LogP contribution is 2.16. The summed E-state index contributed by atoms with van der Waals surface area (Å²) in [6.07, 6.45) is 1.73. The number of anilines is 1. The Morgan fingerprint density at radius 2 is 2.27 bits per heavy atom. The van der Waals surface area contributed by atoms with Crippen LogP contribution in [0.5, 0.6) is 0 Å². The molecule has 2 aromatic rings. The maximum atomic E-state index is 5.66. The van der Waals surface area contributed by atoms with E-state index in [0.29, 0.717) is 5.69 Å². The summed E-state index contributed by atoms with van der Waals surface area (Å²) in [5, 5.41) is 1.03. The number of aromatic nitrogens is 1. The van der Waals surface area contributed by atoms with Crippen molar-refractivity contribution in [2.75, 3.05) is 5.73 Å². The van der Waals surface area contributed by atoms with E-state index in [1.54, 1.807) is 12.3 Å². The van der Waals surface area contributed by atoms with Gasteiger partial charge in [0.1, 0.15) is 0 Å². The highest BCUT2D eigenvalue weighted by molar-refractivity contribution is 5.88. The van der Waals surface area contributed by atoms with Crippen LogP contribution in [0.3, 0.4) is 0 Å². The number of nitrogens with zero attached hydrogens (tertiary/aromatic N) is 1. The van der Waals surface area contributed by atoms with Crippen LogP contribution in [0.4, 0.5) is 5.69 Å². The molecule has 0 saturated carbocycles. The van der Waals surface area contributed by atoms with Gasteiger partial charge in [-0.15, -0.1) is 0 Å². The summed E-state index contributed by atoms with van der Waals surface area (Å²) in [5.41, 5.74) is 7.20. The van der Waals surface area contributed by atoms with E-state index < -0.39 is 0 Å². The number of hydrogen-bond donors (Lipinski definition) is 1. The molecule has 0 aliphatic rings. The summed E-state index contributed by atoms with van der Waals surface area (Å²) >= 11 is 0. The maximum absolute atomic E-state index is 5.66. The summed E-state index contributed by atoms with van der Waals surface area (Å²) in [6.45, 7) is 0. The average molecular weight is 143 g/mol. The molecule has 2 N–H and O–H groups in total. The van der Waals surface area contributed by atoms with Crippen LogP contribution in [0.15, 0.2) is 30.5 Å². The first kappa shape index (κ1) is 6.16. The fourth-order valence-corrected chi connectivity index (χ4v) is 1.06. The highest BCUT2D eigenvalue weighted by atomic mass is 14.7. The minimum atomic E-state index is 0.683. The molecule has 0 bridgehead atoms. The number of pyridine rings is 1. The maximum Gasteiger partial charge on any atom is 0.0931 e. The number of nitrogens with two attached hydrogens (primary N) is 1. The topological polar surface area (TPSA) is 38.9 Å². The van der Waals surface area contributed by atoms with Crippen LogP contribution < -0.4 is 5.73 Å². The zero-order valence-corrected chi connectivity index (χ0v) is 5.91. The van der Waals surface area contributed by atoms with Crippen LogP contribution in [0, 0.1) is 6.07 Å². The summed E-state index contributed by atoms with van der Waals surface area (Å²) in [6, 6.07) is 10.4. The molecule has 2 heteroatoms. The zero-order valence-electron chi connectivity index (χ0n) is 5.91. The lowest BCUT2D eigenvalue weighted by Crippen LogP contribution is -1.87. The van der Waals surface area contributed by atoms with E-state index in [0.717, 1.165) is 10.9 Å². The standard InChI is InChI=1S/C9H7N2/c10-8-5-1-3-7-4-2-6-11-9(7)8/h2-6H,10H2. The van der Waals surface area contributed by atoms with E-state index >= 15 is 0 Å². The summed E-state index contributed by atoms with van der Waals surface area (Å²) in [5.74, 6) is 0. The molecular formula is C9H7N2. The van der Waals surface area contributed by atoms with E-state index in [1.165, 1.54) is 0 Å². The Labute approximate surface area is 64.7 Å². The number of rotatable bonds is 0. The lowest BCUT2D eigenvalue weighted by atomic mass is 10.2. The van der Waals surface area contributed by atoms with Gasteiger partial charge in [-0.3, -0.25) is 4.98 Å². The van der Waals surface area contributed by atoms with Crippen LogP contribution in [0.25, 0.3) is 10.9 Å². The van der Waals surface area contributed by atoms with Crippen molar-refractivity contribution >= 4 is 16.6 Å². The van der Waals surface area contributed by atoms with Gasteiger partial charge in [0.05, 0.1) is 11.2 Å². The first-order valence-electron chi connectivity index (χ1n) is 3.38. The number of hydrogen-bond acceptors (Lipinski definition) is 2. The highest BCUT2D eigenvalue weighted by Gasteiger charge is 1.94. The van der Waals surface area contributed by atoms with Crippen LogP contribution >= 0.6 is 0 Å². The molecule has 0 atom stereocenters. The quantitative estimate of drug-likeness (QED) is 0.569. The molecule has 53 valence electrons. The molecule has 2 rings (SSSR count). The summed E-state index contributed by atoms with van der Waals surface area (Å²) in [7, 11) is 0. The van der Waals surface area contributed by atoms with E-state index in [-0.39, 0.29) is 0 Å². The van der Waals surface area contributed by atoms with Gasteiger partial charge in [-0.25, -0.2) is 0 Å². The molecule has 0 saturated heterocycles. The van der Waals surface area contributed by atoms with Gasteiger partial charge in [-0.1, -0.05) is 6.07 Å². The molecule has 1 radical (unpaired) electrons. The van der Waals surface area contributed by atoms with E-state index in [2.05, 4.69) is 11.1 Å². The van der Waals surface area contributed by atoms with Crippen LogP contribution in [0.1, 0.15) is 0 Å². The molecule has 0 amide bonds. The molecule has 0 fully saturated rings. The van der Waals surface area contributed by atoms with Gasteiger partial charge >= 0.3 is 0 Å². The van der Waals surface area contributed by atoms with Crippen molar-refractivity contribution in [2.24, 2.45) is 0 Å². The fourth-order valence-electron chi connectivity index (χ4n) is 1.06. The summed E-state index contributed by atoms with van der Waals surface area (Å²) < 4.78 is 0. The van der Waals surface area contributed by atoms with Crippen LogP contribution in [0.2, 0.25) is 0 Å². The Hall–Kier alpha value is -1.57. The Morgan fingerprint density at radius 1 is 1.36 bits per heavy atom. The lowest BCUT2D eigenvalue weighted by molar-refractivity contribution is 1.41. The minimum absolute atomic E-state index is 0.683. The van der Waals surface area contributed by atoms with Crippen molar-refractivity contribution < 1.29 is 0 Å². The SMILES string of the molecule is Nc1c[c]cc2cccnc12. The third-order valence-corrected chi connectivity index (χ3v) is 1.59. The van der Waals surface area contributed by atoms with Crippen LogP contribution in [-0.2, 0) is 0 Å². The van der Waals surface area contributed by atoms with Gasteiger partial charge in [0.25, 0.3) is 0 Å². The van der Waals surface area contributed by atoms with Gasteiger partial charge in [0.15, 0.2) is 0 Å². The van der Waals surface area contributed by atoms with Crippen LogP contribution in [-0.4, -0.2) is 4.98 Å². The predicted molar refractivity (Wildman–Crippen MR) is 45.0 cm³/mol. The van der Waals surface area contributed by atoms with Gasteiger partial charge in [-0.05, 0) is 24.3 Å². The molecule has 0 aliphatic heterocycles. The molecule has 0 spiro atoms. The fraction of sp³-hybridized carbons (Fsp3) is 0. The van der Waals surface area contributed by atoms with Crippen molar-refractivity contribution in [1.82, 2.24) is 4.98 Å². The Kier molecular flexibility index (Phi) is 1.25. The average Bonchev–Trinajstić information content (AvgIpc) is 2.06. The van der Waals surface area contributed by atoms with Crippen molar-refractivity contribution in [1.29, 1.82) is 0 Å². The second-order valence-electron chi connectivity index (χ2n) is 2.35. The Bertz CT molecular complexity index is 377. The number of benzene rings is 1. The zero-order chi connectivity index (χ0) is 7.68. The van der Waals surface area contributed by atoms with E-state index in [1.807, 2.05) is 18.2 Å². The second-order valence-corrected chi connectivity index (χ2v) is 2.35. The van der Waals surface area contributed by atoms with E-state index in [9.17, 15) is 0 Å². The third kappa shape index (κ3) is 0.923. The second kappa shape index (κ2) is 2.23. The van der Waals surface area contributed by atoms with Gasteiger partial charge in [-0.2, -0.15) is 0 Å². The molecule has 0 aliphatic carbocycles. The van der Waals surface area contributed by atoms with Gasteiger partial charge in [0, 0.05) is 11.6 Å². The minimum Gasteiger partial charge on any atom is -0.397 e. The number of fused-ring (bicyclic) bond motifs is 1. The van der Waals surface area contributed by atoms with Crippen molar-refractivity contribution in [3.05, 3.63) is 36.5 Å². The molecule has 1 aromatic carbocycles. The Balaban J connectivity index is 2.91. The lowest BCUT2D eigenvalue weighted by Gasteiger charge is -1.97. The molecule has 1 heterocycles. The van der Waals surface area contributed by atoms with Crippen molar-refractivity contribution in [3.63, 3.8) is 0 Å². The number of nitrogen functional groups attached to an aromatic ring is 1. The smallest absolute Gasteiger partial charge is 0.0931 e. The Morgan fingerprint density at radius 3 is 3.09 bits per heavy atom. The van der Waals surface area contributed by atoms with Gasteiger partial charge in [0.2, 0.25) is 0 Å².